The maximum Gasteiger partial charge on any atom is 0.237 e. The summed E-state index contributed by atoms with van der Waals surface area (Å²) in [7, 11) is 0. The van der Waals surface area contributed by atoms with E-state index in [1.165, 1.54) is 11.1 Å². The van der Waals surface area contributed by atoms with E-state index in [1.807, 2.05) is 4.90 Å². The first-order valence-corrected chi connectivity index (χ1v) is 7.12. The zero-order valence-corrected chi connectivity index (χ0v) is 11.6. The van der Waals surface area contributed by atoms with Crippen molar-refractivity contribution in [2.24, 2.45) is 5.92 Å². The van der Waals surface area contributed by atoms with Crippen LogP contribution in [-0.4, -0.2) is 29.8 Å². The molecular weight excluding hydrogens is 246 g/mol. The van der Waals surface area contributed by atoms with E-state index >= 15 is 0 Å². The number of rotatable bonds is 3. The Labute approximate surface area is 114 Å². The largest absolute Gasteiger partial charge is 0.342 e. The molecule has 2 rings (SSSR count). The van der Waals surface area contributed by atoms with E-state index in [0.29, 0.717) is 5.92 Å². The SMILES string of the molecule is Cc1cccc(CC2CCN(C(=O)CCl)CC2)c1. The minimum absolute atomic E-state index is 0.0747. The Bertz CT molecular complexity index is 411. The Hall–Kier alpha value is -1.02. The second kappa shape index (κ2) is 6.24. The van der Waals surface area contributed by atoms with Crippen molar-refractivity contribution >= 4 is 17.5 Å². The number of aryl methyl sites for hydroxylation is 1. The van der Waals surface area contributed by atoms with Crippen molar-refractivity contribution < 1.29 is 4.79 Å². The third-order valence-corrected chi connectivity index (χ3v) is 3.92. The molecule has 1 aromatic carbocycles. The molecule has 0 saturated carbocycles. The van der Waals surface area contributed by atoms with Gasteiger partial charge in [-0.1, -0.05) is 29.8 Å². The highest BCUT2D eigenvalue weighted by Crippen LogP contribution is 2.22. The number of piperidine rings is 1. The van der Waals surface area contributed by atoms with Crippen LogP contribution in [-0.2, 0) is 11.2 Å². The van der Waals surface area contributed by atoms with Crippen molar-refractivity contribution in [3.05, 3.63) is 35.4 Å². The molecule has 1 heterocycles. The standard InChI is InChI=1S/C15H20ClNO/c1-12-3-2-4-14(9-12)10-13-5-7-17(8-6-13)15(18)11-16/h2-4,9,13H,5-8,10-11H2,1H3. The molecule has 1 amide bonds. The number of benzene rings is 1. The van der Waals surface area contributed by atoms with Crippen LogP contribution < -0.4 is 0 Å². The molecule has 1 fully saturated rings. The lowest BCUT2D eigenvalue weighted by Crippen LogP contribution is -2.39. The molecule has 1 saturated heterocycles. The van der Waals surface area contributed by atoms with Gasteiger partial charge in [0.15, 0.2) is 0 Å². The van der Waals surface area contributed by atoms with Crippen LogP contribution in [0.15, 0.2) is 24.3 Å². The summed E-state index contributed by atoms with van der Waals surface area (Å²) >= 11 is 5.58. The number of alkyl halides is 1. The Balaban J connectivity index is 1.85. The Morgan fingerprint density at radius 1 is 1.39 bits per heavy atom. The minimum Gasteiger partial charge on any atom is -0.342 e. The second-order valence-corrected chi connectivity index (χ2v) is 5.42. The van der Waals surface area contributed by atoms with Gasteiger partial charge in [0.05, 0.1) is 0 Å². The van der Waals surface area contributed by atoms with Crippen molar-refractivity contribution in [3.63, 3.8) is 0 Å². The van der Waals surface area contributed by atoms with Gasteiger partial charge >= 0.3 is 0 Å². The third-order valence-electron chi connectivity index (χ3n) is 3.69. The number of halogens is 1. The molecule has 3 heteroatoms. The van der Waals surface area contributed by atoms with E-state index in [2.05, 4.69) is 31.2 Å². The van der Waals surface area contributed by atoms with Gasteiger partial charge in [-0.15, -0.1) is 11.6 Å². The summed E-state index contributed by atoms with van der Waals surface area (Å²) in [5.41, 5.74) is 2.74. The molecule has 0 bridgehead atoms. The topological polar surface area (TPSA) is 20.3 Å². The Kier molecular flexibility index (Phi) is 4.65. The number of nitrogens with zero attached hydrogens (tertiary/aromatic N) is 1. The van der Waals surface area contributed by atoms with Gasteiger partial charge in [0, 0.05) is 13.1 Å². The molecule has 0 N–H and O–H groups in total. The highest BCUT2D eigenvalue weighted by molar-refractivity contribution is 6.27. The lowest BCUT2D eigenvalue weighted by Gasteiger charge is -2.31. The van der Waals surface area contributed by atoms with Gasteiger partial charge < -0.3 is 4.90 Å². The Morgan fingerprint density at radius 2 is 2.11 bits per heavy atom. The van der Waals surface area contributed by atoms with Gasteiger partial charge in [-0.2, -0.15) is 0 Å². The normalized spacial score (nSPS) is 16.9. The van der Waals surface area contributed by atoms with Crippen LogP contribution in [0.2, 0.25) is 0 Å². The van der Waals surface area contributed by atoms with Crippen LogP contribution in [0.5, 0.6) is 0 Å². The number of hydrogen-bond donors (Lipinski definition) is 0. The smallest absolute Gasteiger partial charge is 0.237 e. The van der Waals surface area contributed by atoms with E-state index < -0.39 is 0 Å². The van der Waals surface area contributed by atoms with Crippen molar-refractivity contribution in [3.8, 4) is 0 Å². The van der Waals surface area contributed by atoms with Gasteiger partial charge in [0.2, 0.25) is 5.91 Å². The van der Waals surface area contributed by atoms with Gasteiger partial charge in [0.25, 0.3) is 0 Å². The molecule has 0 radical (unpaired) electrons. The quantitative estimate of drug-likeness (QED) is 0.770. The molecule has 0 atom stereocenters. The van der Waals surface area contributed by atoms with Gasteiger partial charge in [0.1, 0.15) is 5.88 Å². The molecule has 18 heavy (non-hydrogen) atoms. The van der Waals surface area contributed by atoms with E-state index in [9.17, 15) is 4.79 Å². The zero-order chi connectivity index (χ0) is 13.0. The predicted molar refractivity (Wildman–Crippen MR) is 74.9 cm³/mol. The maximum atomic E-state index is 11.5. The first-order chi connectivity index (χ1) is 8.69. The minimum atomic E-state index is 0.0747. The van der Waals surface area contributed by atoms with Gasteiger partial charge in [-0.05, 0) is 37.7 Å². The average molecular weight is 266 g/mol. The summed E-state index contributed by atoms with van der Waals surface area (Å²) in [5.74, 6) is 0.888. The summed E-state index contributed by atoms with van der Waals surface area (Å²) in [6.07, 6.45) is 3.32. The van der Waals surface area contributed by atoms with Crippen LogP contribution in [0.1, 0.15) is 24.0 Å². The van der Waals surface area contributed by atoms with Crippen molar-refractivity contribution in [1.29, 1.82) is 0 Å². The van der Waals surface area contributed by atoms with Crippen molar-refractivity contribution in [1.82, 2.24) is 4.90 Å². The van der Waals surface area contributed by atoms with E-state index in [-0.39, 0.29) is 11.8 Å². The zero-order valence-electron chi connectivity index (χ0n) is 10.9. The summed E-state index contributed by atoms with van der Waals surface area (Å²) in [4.78, 5) is 13.4. The molecular formula is C15H20ClNO. The van der Waals surface area contributed by atoms with E-state index in [1.54, 1.807) is 0 Å². The number of carbonyl (C=O) groups is 1. The predicted octanol–water partition coefficient (Wildman–Crippen LogP) is 3.01. The van der Waals surface area contributed by atoms with Crippen molar-refractivity contribution in [2.45, 2.75) is 26.2 Å². The maximum absolute atomic E-state index is 11.5. The summed E-state index contributed by atoms with van der Waals surface area (Å²) in [5, 5.41) is 0. The molecule has 0 aliphatic carbocycles. The number of amides is 1. The molecule has 2 nitrogen and oxygen atoms in total. The Morgan fingerprint density at radius 3 is 2.72 bits per heavy atom. The first kappa shape index (κ1) is 13.4. The van der Waals surface area contributed by atoms with Gasteiger partial charge in [-0.25, -0.2) is 0 Å². The second-order valence-electron chi connectivity index (χ2n) is 5.15. The lowest BCUT2D eigenvalue weighted by molar-refractivity contribution is -0.129. The highest BCUT2D eigenvalue weighted by atomic mass is 35.5. The fraction of sp³-hybridized carbons (Fsp3) is 0.533. The van der Waals surface area contributed by atoms with Crippen LogP contribution in [0, 0.1) is 12.8 Å². The van der Waals surface area contributed by atoms with E-state index in [0.717, 1.165) is 32.4 Å². The number of carbonyl (C=O) groups excluding carboxylic acids is 1. The molecule has 1 aliphatic heterocycles. The lowest BCUT2D eigenvalue weighted by atomic mass is 9.90. The van der Waals surface area contributed by atoms with Gasteiger partial charge in [-0.3, -0.25) is 4.79 Å². The average Bonchev–Trinajstić information content (AvgIpc) is 2.39. The third kappa shape index (κ3) is 3.49. The molecule has 0 aromatic heterocycles. The van der Waals surface area contributed by atoms with Crippen LogP contribution in [0.25, 0.3) is 0 Å². The first-order valence-electron chi connectivity index (χ1n) is 6.58. The fourth-order valence-corrected chi connectivity index (χ4v) is 2.81. The van der Waals surface area contributed by atoms with Crippen LogP contribution >= 0.6 is 11.6 Å². The monoisotopic (exact) mass is 265 g/mol. The molecule has 1 aliphatic rings. The van der Waals surface area contributed by atoms with Crippen LogP contribution in [0.4, 0.5) is 0 Å². The fourth-order valence-electron chi connectivity index (χ4n) is 2.64. The summed E-state index contributed by atoms with van der Waals surface area (Å²) in [6, 6.07) is 8.71. The van der Waals surface area contributed by atoms with Crippen LogP contribution in [0.3, 0.4) is 0 Å². The summed E-state index contributed by atoms with van der Waals surface area (Å²) < 4.78 is 0. The number of likely N-dealkylation sites (tertiary alicyclic amines) is 1. The molecule has 0 spiro atoms. The summed E-state index contributed by atoms with van der Waals surface area (Å²) in [6.45, 7) is 3.86. The molecule has 98 valence electrons. The highest BCUT2D eigenvalue weighted by Gasteiger charge is 2.22. The van der Waals surface area contributed by atoms with E-state index in [4.69, 9.17) is 11.6 Å². The number of hydrogen-bond acceptors (Lipinski definition) is 1. The molecule has 1 aromatic rings. The van der Waals surface area contributed by atoms with Crippen molar-refractivity contribution in [2.75, 3.05) is 19.0 Å². The molecule has 0 unspecified atom stereocenters.